The average molecular weight is 445 g/mol. The number of amides is 1. The number of rotatable bonds is 4. The number of cyclic esters (lactones) is 1. The molecule has 3 N–H and O–H groups in total. The first-order chi connectivity index (χ1) is 15.8. The van der Waals surface area contributed by atoms with Crippen LogP contribution < -0.4 is 11.3 Å². The van der Waals surface area contributed by atoms with Crippen LogP contribution in [0.2, 0.25) is 0 Å². The van der Waals surface area contributed by atoms with E-state index in [0.29, 0.717) is 29.1 Å². The molecule has 3 aromatic rings. The van der Waals surface area contributed by atoms with Gasteiger partial charge in [-0.05, 0) is 42.2 Å². The van der Waals surface area contributed by atoms with Gasteiger partial charge in [0.25, 0.3) is 5.56 Å². The molecular weight excluding hydrogens is 422 g/mol. The van der Waals surface area contributed by atoms with Crippen molar-refractivity contribution >= 4 is 28.9 Å². The molecule has 8 heteroatoms. The van der Waals surface area contributed by atoms with Crippen LogP contribution in [0.25, 0.3) is 28.4 Å². The van der Waals surface area contributed by atoms with Gasteiger partial charge in [0, 0.05) is 22.6 Å². The smallest absolute Gasteiger partial charge is 0.343 e. The highest BCUT2D eigenvalue weighted by Crippen LogP contribution is 2.39. The number of pyridine rings is 2. The Kier molecular flexibility index (Phi) is 4.72. The molecule has 2 aliphatic heterocycles. The highest BCUT2D eigenvalue weighted by Gasteiger charge is 2.45. The Hall–Kier alpha value is -3.78. The second-order valence-corrected chi connectivity index (χ2v) is 8.40. The summed E-state index contributed by atoms with van der Waals surface area (Å²) < 4.78 is 6.73. The van der Waals surface area contributed by atoms with E-state index in [1.165, 1.54) is 6.08 Å². The summed E-state index contributed by atoms with van der Waals surface area (Å²) in [4.78, 5) is 41.8. The van der Waals surface area contributed by atoms with E-state index in [1.807, 2.05) is 25.1 Å². The highest BCUT2D eigenvalue weighted by atomic mass is 16.6. The predicted octanol–water partition coefficient (Wildman–Crippen LogP) is 2.14. The van der Waals surface area contributed by atoms with Crippen molar-refractivity contribution in [3.63, 3.8) is 0 Å². The minimum absolute atomic E-state index is 0.0925. The molecule has 168 valence electrons. The number of carbonyl (C=O) groups excluding carboxylic acids is 2. The summed E-state index contributed by atoms with van der Waals surface area (Å²) in [5.41, 5.74) is 8.35. The number of primary amides is 1. The number of aryl methyl sites for hydroxylation is 1. The Morgan fingerprint density at radius 1 is 1.30 bits per heavy atom. The zero-order chi connectivity index (χ0) is 23.5. The van der Waals surface area contributed by atoms with Crippen molar-refractivity contribution in [2.45, 2.75) is 45.4 Å². The number of nitrogens with two attached hydrogens (primary N) is 1. The van der Waals surface area contributed by atoms with Crippen molar-refractivity contribution in [2.75, 3.05) is 0 Å². The summed E-state index contributed by atoms with van der Waals surface area (Å²) in [7, 11) is 0. The van der Waals surface area contributed by atoms with Crippen LogP contribution >= 0.6 is 0 Å². The van der Waals surface area contributed by atoms with Gasteiger partial charge in [0.15, 0.2) is 5.60 Å². The topological polar surface area (TPSA) is 125 Å². The van der Waals surface area contributed by atoms with Gasteiger partial charge in [0.05, 0.1) is 29.0 Å². The van der Waals surface area contributed by atoms with Crippen molar-refractivity contribution in [1.82, 2.24) is 9.55 Å². The van der Waals surface area contributed by atoms with Gasteiger partial charge in [-0.25, -0.2) is 9.78 Å². The van der Waals surface area contributed by atoms with Gasteiger partial charge < -0.3 is 20.1 Å². The van der Waals surface area contributed by atoms with Gasteiger partial charge in [-0.2, -0.15) is 0 Å². The SMILES string of the molecule is CCc1ccc(/C=C/C(N)=O)c2cc3c(nc12)-c1cc2c(c(=O)n1C3)COC(=O)[C@]2(O)CC. The maximum absolute atomic E-state index is 13.3. The Balaban J connectivity index is 1.77. The molecule has 4 heterocycles. The summed E-state index contributed by atoms with van der Waals surface area (Å²) in [6.07, 6.45) is 3.81. The van der Waals surface area contributed by atoms with E-state index in [9.17, 15) is 19.5 Å². The molecule has 0 spiro atoms. The van der Waals surface area contributed by atoms with Gasteiger partial charge in [-0.3, -0.25) is 9.59 Å². The summed E-state index contributed by atoms with van der Waals surface area (Å²) in [6.45, 7) is 3.86. The molecule has 0 saturated carbocycles. The largest absolute Gasteiger partial charge is 0.458 e. The summed E-state index contributed by atoms with van der Waals surface area (Å²) in [5, 5.41) is 11.9. The van der Waals surface area contributed by atoms with Crippen LogP contribution in [0.3, 0.4) is 0 Å². The molecule has 2 aliphatic rings. The van der Waals surface area contributed by atoms with Crippen molar-refractivity contribution in [1.29, 1.82) is 0 Å². The number of hydrogen-bond donors (Lipinski definition) is 2. The number of carbonyl (C=O) groups is 2. The fourth-order valence-electron chi connectivity index (χ4n) is 4.75. The van der Waals surface area contributed by atoms with Crippen LogP contribution in [0, 0.1) is 0 Å². The number of nitrogens with zero attached hydrogens (tertiary/aromatic N) is 2. The Morgan fingerprint density at radius 2 is 2.09 bits per heavy atom. The lowest BCUT2D eigenvalue weighted by molar-refractivity contribution is -0.172. The molecule has 8 nitrogen and oxygen atoms in total. The van der Waals surface area contributed by atoms with E-state index in [2.05, 4.69) is 0 Å². The fraction of sp³-hybridized carbons (Fsp3) is 0.280. The van der Waals surface area contributed by atoms with E-state index in [4.69, 9.17) is 15.5 Å². The molecule has 5 rings (SSSR count). The minimum Gasteiger partial charge on any atom is -0.458 e. The third-order valence-electron chi connectivity index (χ3n) is 6.60. The average Bonchev–Trinajstić information content (AvgIpc) is 3.17. The van der Waals surface area contributed by atoms with E-state index in [0.717, 1.165) is 34.0 Å². The maximum Gasteiger partial charge on any atom is 0.343 e. The number of hydrogen-bond acceptors (Lipinski definition) is 6. The molecule has 0 saturated heterocycles. The maximum atomic E-state index is 13.3. The number of benzene rings is 1. The monoisotopic (exact) mass is 445 g/mol. The molecule has 0 bridgehead atoms. The molecule has 0 aliphatic carbocycles. The van der Waals surface area contributed by atoms with Crippen molar-refractivity contribution < 1.29 is 19.4 Å². The van der Waals surface area contributed by atoms with Crippen molar-refractivity contribution in [3.05, 3.63) is 68.5 Å². The quantitative estimate of drug-likeness (QED) is 0.366. The number of aromatic nitrogens is 2. The number of fused-ring (bicyclic) bond motifs is 5. The molecule has 0 fully saturated rings. The molecule has 0 unspecified atom stereocenters. The van der Waals surface area contributed by atoms with E-state index in [-0.39, 0.29) is 18.6 Å². The van der Waals surface area contributed by atoms with Gasteiger partial charge >= 0.3 is 5.97 Å². The molecule has 0 radical (unpaired) electrons. The lowest BCUT2D eigenvalue weighted by Gasteiger charge is -2.31. The molecular formula is C25H23N3O5. The number of aliphatic hydroxyl groups is 1. The van der Waals surface area contributed by atoms with Crippen LogP contribution in [-0.4, -0.2) is 26.5 Å². The first kappa shape index (κ1) is 21.1. The van der Waals surface area contributed by atoms with Gasteiger partial charge in [0.1, 0.15) is 6.61 Å². The lowest BCUT2D eigenvalue weighted by atomic mass is 9.86. The molecule has 33 heavy (non-hydrogen) atoms. The van der Waals surface area contributed by atoms with Gasteiger partial charge in [-0.1, -0.05) is 26.0 Å². The Bertz CT molecular complexity index is 1450. The normalized spacial score (nSPS) is 18.8. The number of esters is 1. The molecule has 2 aromatic heterocycles. The van der Waals surface area contributed by atoms with Gasteiger partial charge in [-0.15, -0.1) is 0 Å². The van der Waals surface area contributed by atoms with Crippen molar-refractivity contribution in [3.8, 4) is 11.4 Å². The highest BCUT2D eigenvalue weighted by molar-refractivity contribution is 5.97. The summed E-state index contributed by atoms with van der Waals surface area (Å²) in [6, 6.07) is 7.57. The predicted molar refractivity (Wildman–Crippen MR) is 122 cm³/mol. The van der Waals surface area contributed by atoms with Crippen LogP contribution in [-0.2, 0) is 39.5 Å². The van der Waals surface area contributed by atoms with Gasteiger partial charge in [0.2, 0.25) is 5.91 Å². The van der Waals surface area contributed by atoms with Crippen molar-refractivity contribution in [2.24, 2.45) is 5.73 Å². The van der Waals surface area contributed by atoms with E-state index in [1.54, 1.807) is 23.6 Å². The Labute approximate surface area is 189 Å². The lowest BCUT2D eigenvalue weighted by Crippen LogP contribution is -2.44. The first-order valence-corrected chi connectivity index (χ1v) is 10.9. The molecule has 1 atom stereocenters. The standard InChI is InChI=1S/C25H23N3O5/c1-3-13-5-6-14(7-8-20(26)29)16-9-15-11-28-19(22(15)27-21(13)16)10-18-17(23(28)30)12-33-24(31)25(18,32)4-2/h5-10,32H,3-4,11-12H2,1-2H3,(H2,26,29)/b8-7+/t25-/m0/s1. The third kappa shape index (κ3) is 3.01. The van der Waals surface area contributed by atoms with Crippen LogP contribution in [0.5, 0.6) is 0 Å². The van der Waals surface area contributed by atoms with Crippen LogP contribution in [0.4, 0.5) is 0 Å². The molecule has 1 aromatic carbocycles. The molecule has 1 amide bonds. The summed E-state index contributed by atoms with van der Waals surface area (Å²) in [5.74, 6) is -1.28. The van der Waals surface area contributed by atoms with Crippen LogP contribution in [0.15, 0.2) is 35.1 Å². The fourth-order valence-corrected chi connectivity index (χ4v) is 4.75. The Morgan fingerprint density at radius 3 is 2.79 bits per heavy atom. The van der Waals surface area contributed by atoms with E-state index >= 15 is 0 Å². The van der Waals surface area contributed by atoms with Crippen LogP contribution in [0.1, 0.15) is 48.1 Å². The minimum atomic E-state index is -1.86. The second kappa shape index (κ2) is 7.38. The van der Waals surface area contributed by atoms with E-state index < -0.39 is 17.5 Å². The first-order valence-electron chi connectivity index (χ1n) is 10.9. The summed E-state index contributed by atoms with van der Waals surface area (Å²) >= 11 is 0. The third-order valence-corrected chi connectivity index (χ3v) is 6.60. The number of ether oxygens (including phenoxy) is 1. The zero-order valence-corrected chi connectivity index (χ0v) is 18.3. The second-order valence-electron chi connectivity index (χ2n) is 8.40. The zero-order valence-electron chi connectivity index (χ0n) is 18.3.